The predicted octanol–water partition coefficient (Wildman–Crippen LogP) is 4.11. The Bertz CT molecular complexity index is 1230. The molecule has 1 amide bonds. The highest BCUT2D eigenvalue weighted by Crippen LogP contribution is 2.65. The maximum atomic E-state index is 14.8. The second-order valence-corrected chi connectivity index (χ2v) is 9.37. The number of hydrogen-bond acceptors (Lipinski definition) is 7. The van der Waals surface area contributed by atoms with Crippen LogP contribution in [0.2, 0.25) is 0 Å². The number of benzene rings is 1. The van der Waals surface area contributed by atoms with Gasteiger partial charge >= 0.3 is 6.18 Å². The molecule has 1 aliphatic heterocycles. The molecular weight excluding hydrogens is 481 g/mol. The van der Waals surface area contributed by atoms with Crippen molar-refractivity contribution < 1.29 is 31.5 Å². The Balaban J connectivity index is 1.57. The number of carbonyl (C=O) groups is 1. The topological polar surface area (TPSA) is 113 Å². The van der Waals surface area contributed by atoms with Gasteiger partial charge in [0.25, 0.3) is 5.91 Å². The van der Waals surface area contributed by atoms with Crippen LogP contribution in [-0.2, 0) is 5.54 Å². The minimum atomic E-state index is -4.53. The molecule has 1 aromatic carbocycles. The van der Waals surface area contributed by atoms with Crippen molar-refractivity contribution in [1.82, 2.24) is 4.98 Å². The van der Waals surface area contributed by atoms with E-state index in [1.54, 1.807) is 6.92 Å². The predicted molar refractivity (Wildman–Crippen MR) is 113 cm³/mol. The van der Waals surface area contributed by atoms with E-state index >= 15 is 0 Å². The summed E-state index contributed by atoms with van der Waals surface area (Å²) < 4.78 is 69.7. The number of anilines is 1. The van der Waals surface area contributed by atoms with E-state index in [2.05, 4.69) is 26.1 Å². The first-order chi connectivity index (χ1) is 15.9. The summed E-state index contributed by atoms with van der Waals surface area (Å²) in [5.41, 5.74) is 4.07. The second kappa shape index (κ2) is 8.12. The summed E-state index contributed by atoms with van der Waals surface area (Å²) in [7, 11) is 0. The third-order valence-corrected chi connectivity index (χ3v) is 6.82. The number of carbonyl (C=O) groups excluding carboxylic acids is 1. The average molecular weight is 497 g/mol. The van der Waals surface area contributed by atoms with Gasteiger partial charge < -0.3 is 15.8 Å². The first kappa shape index (κ1) is 23.7. The van der Waals surface area contributed by atoms with Crippen molar-refractivity contribution >= 4 is 28.5 Å². The minimum Gasteiger partial charge on any atom is -0.483 e. The monoisotopic (exact) mass is 497 g/mol. The van der Waals surface area contributed by atoms with E-state index in [0.29, 0.717) is 6.42 Å². The third kappa shape index (κ3) is 4.37. The highest BCUT2D eigenvalue weighted by molar-refractivity contribution is 8.15. The van der Waals surface area contributed by atoms with Crippen LogP contribution in [0, 0.1) is 28.9 Å². The van der Waals surface area contributed by atoms with Crippen molar-refractivity contribution in [2.24, 2.45) is 16.6 Å². The van der Waals surface area contributed by atoms with Crippen molar-refractivity contribution in [2.75, 3.05) is 11.9 Å². The lowest BCUT2D eigenvalue weighted by atomic mass is 9.85. The SMILES string of the molecule is C[C@]1(c2cc(NC(=O)c3ccc(OCC(F)(F)F)cn3)cc(F)c2F)N=C(N)S[C@@]2(C#N)C[C@H]21. The molecule has 1 aliphatic carbocycles. The number of thioether (sulfide) groups is 1. The fraction of sp³-hybridized carbons (Fsp3) is 0.333. The number of amidine groups is 1. The number of aromatic nitrogens is 1. The van der Waals surface area contributed by atoms with E-state index in [1.165, 1.54) is 6.07 Å². The van der Waals surface area contributed by atoms with E-state index in [4.69, 9.17) is 5.73 Å². The number of alkyl halides is 3. The summed E-state index contributed by atoms with van der Waals surface area (Å²) in [4.78, 5) is 20.6. The molecule has 0 unspecified atom stereocenters. The lowest BCUT2D eigenvalue weighted by molar-refractivity contribution is -0.153. The first-order valence-corrected chi connectivity index (χ1v) is 10.6. The van der Waals surface area contributed by atoms with Gasteiger partial charge in [0.15, 0.2) is 23.4 Å². The normalized spacial score (nSPS) is 25.6. The molecule has 4 rings (SSSR count). The van der Waals surface area contributed by atoms with Gasteiger partial charge in [-0.15, -0.1) is 0 Å². The van der Waals surface area contributed by atoms with Gasteiger partial charge in [0, 0.05) is 23.2 Å². The van der Waals surface area contributed by atoms with Gasteiger partial charge in [0.05, 0.1) is 17.8 Å². The Labute approximate surface area is 194 Å². The molecule has 2 heterocycles. The Hall–Kier alpha value is -3.40. The molecule has 2 aliphatic rings. The molecule has 13 heteroatoms. The molecule has 3 N–H and O–H groups in total. The Kier molecular flexibility index (Phi) is 5.67. The molecule has 0 radical (unpaired) electrons. The molecular formula is C21H16F5N5O2S. The lowest BCUT2D eigenvalue weighted by Gasteiger charge is -2.32. The summed E-state index contributed by atoms with van der Waals surface area (Å²) in [5, 5.41) is 12.0. The van der Waals surface area contributed by atoms with Crippen LogP contribution < -0.4 is 15.8 Å². The molecule has 3 atom stereocenters. The van der Waals surface area contributed by atoms with E-state index in [0.717, 1.165) is 36.2 Å². The number of nitriles is 1. The fourth-order valence-electron chi connectivity index (χ4n) is 3.91. The number of rotatable bonds is 5. The Morgan fingerprint density at radius 2 is 2.12 bits per heavy atom. The summed E-state index contributed by atoms with van der Waals surface area (Å²) >= 11 is 1.09. The molecule has 1 aromatic heterocycles. The lowest BCUT2D eigenvalue weighted by Crippen LogP contribution is -2.35. The number of nitrogens with two attached hydrogens (primary N) is 1. The Morgan fingerprint density at radius 3 is 2.74 bits per heavy atom. The zero-order valence-corrected chi connectivity index (χ0v) is 18.2. The van der Waals surface area contributed by atoms with Crippen LogP contribution in [0.4, 0.5) is 27.6 Å². The van der Waals surface area contributed by atoms with Crippen molar-refractivity contribution in [1.29, 1.82) is 5.26 Å². The number of pyridine rings is 1. The van der Waals surface area contributed by atoms with Crippen molar-refractivity contribution in [3.63, 3.8) is 0 Å². The van der Waals surface area contributed by atoms with Crippen LogP contribution in [0.1, 0.15) is 29.4 Å². The van der Waals surface area contributed by atoms with Gasteiger partial charge in [-0.25, -0.2) is 13.8 Å². The fourth-order valence-corrected chi connectivity index (χ4v) is 5.19. The van der Waals surface area contributed by atoms with Gasteiger partial charge in [-0.3, -0.25) is 9.79 Å². The number of nitrogens with one attached hydrogen (secondary N) is 1. The molecule has 34 heavy (non-hydrogen) atoms. The minimum absolute atomic E-state index is 0.0732. The van der Waals surface area contributed by atoms with E-state index < -0.39 is 46.5 Å². The van der Waals surface area contributed by atoms with Gasteiger partial charge in [0.2, 0.25) is 0 Å². The number of nitrogens with zero attached hydrogens (tertiary/aromatic N) is 3. The van der Waals surface area contributed by atoms with E-state index in [9.17, 15) is 32.0 Å². The zero-order valence-electron chi connectivity index (χ0n) is 17.4. The van der Waals surface area contributed by atoms with Gasteiger partial charge in [-0.2, -0.15) is 18.4 Å². The summed E-state index contributed by atoms with van der Waals surface area (Å²) in [6.45, 7) is 0.0320. The summed E-state index contributed by atoms with van der Waals surface area (Å²) in [5.74, 6) is -3.84. The van der Waals surface area contributed by atoms with Crippen LogP contribution >= 0.6 is 11.8 Å². The molecule has 1 saturated carbocycles. The summed E-state index contributed by atoms with van der Waals surface area (Å²) in [6.07, 6.45) is -3.21. The maximum absolute atomic E-state index is 14.8. The standard InChI is InChI=1S/C21H16F5N5O2S/c1-19(15-6-20(15,8-27)34-18(28)31-19)12-4-10(5-13(22)16(12)23)30-17(32)14-3-2-11(7-29-14)33-9-21(24,25)26/h2-5,7,15H,6,9H2,1H3,(H2,28,31)(H,30,32)/t15-,19+,20+/m0/s1. The van der Waals surface area contributed by atoms with Crippen LogP contribution in [0.25, 0.3) is 0 Å². The number of amides is 1. The maximum Gasteiger partial charge on any atom is 0.422 e. The van der Waals surface area contributed by atoms with Gasteiger partial charge in [-0.05, 0) is 31.5 Å². The first-order valence-electron chi connectivity index (χ1n) is 9.79. The summed E-state index contributed by atoms with van der Waals surface area (Å²) in [6, 6.07) is 6.40. The number of hydrogen-bond donors (Lipinski definition) is 2. The number of halogens is 5. The smallest absolute Gasteiger partial charge is 0.422 e. The van der Waals surface area contributed by atoms with E-state index in [1.807, 2.05) is 0 Å². The quantitative estimate of drug-likeness (QED) is 0.601. The molecule has 0 bridgehead atoms. The van der Waals surface area contributed by atoms with Gasteiger partial charge in [-0.1, -0.05) is 11.8 Å². The van der Waals surface area contributed by atoms with Crippen LogP contribution in [0.15, 0.2) is 35.5 Å². The molecule has 0 saturated heterocycles. The zero-order chi connectivity index (χ0) is 24.9. The average Bonchev–Trinajstić information content (AvgIpc) is 3.50. The molecule has 7 nitrogen and oxygen atoms in total. The molecule has 1 fully saturated rings. The Morgan fingerprint density at radius 1 is 1.38 bits per heavy atom. The third-order valence-electron chi connectivity index (χ3n) is 5.61. The molecule has 2 aromatic rings. The van der Waals surface area contributed by atoms with Crippen LogP contribution in [-0.4, -0.2) is 33.6 Å². The number of ether oxygens (including phenoxy) is 1. The van der Waals surface area contributed by atoms with Gasteiger partial charge in [0.1, 0.15) is 16.2 Å². The second-order valence-electron chi connectivity index (χ2n) is 8.01. The van der Waals surface area contributed by atoms with Crippen LogP contribution in [0.5, 0.6) is 5.75 Å². The van der Waals surface area contributed by atoms with Crippen LogP contribution in [0.3, 0.4) is 0 Å². The van der Waals surface area contributed by atoms with Crippen molar-refractivity contribution in [3.05, 3.63) is 53.4 Å². The number of aliphatic imine (C=N–C) groups is 1. The molecule has 0 spiro atoms. The van der Waals surface area contributed by atoms with Crippen molar-refractivity contribution in [3.8, 4) is 11.8 Å². The number of fused-ring (bicyclic) bond motifs is 1. The molecule has 178 valence electrons. The van der Waals surface area contributed by atoms with E-state index in [-0.39, 0.29) is 27.9 Å². The highest BCUT2D eigenvalue weighted by atomic mass is 32.2. The largest absolute Gasteiger partial charge is 0.483 e. The highest BCUT2D eigenvalue weighted by Gasteiger charge is 2.67. The van der Waals surface area contributed by atoms with Crippen molar-refractivity contribution in [2.45, 2.75) is 29.8 Å².